The molecular formula is C19H21FN2O4S. The van der Waals surface area contributed by atoms with E-state index in [9.17, 15) is 17.6 Å². The minimum atomic E-state index is -3.75. The molecule has 2 aromatic rings. The molecule has 1 unspecified atom stereocenters. The van der Waals surface area contributed by atoms with Crippen LogP contribution in [-0.2, 0) is 20.5 Å². The van der Waals surface area contributed by atoms with Gasteiger partial charge in [0.1, 0.15) is 5.82 Å². The maximum absolute atomic E-state index is 13.6. The molecular weight excluding hydrogens is 371 g/mol. The van der Waals surface area contributed by atoms with Gasteiger partial charge in [0, 0.05) is 19.6 Å². The van der Waals surface area contributed by atoms with Crippen LogP contribution in [0.3, 0.4) is 0 Å². The second kappa shape index (κ2) is 8.16. The maximum Gasteiger partial charge on any atom is 0.338 e. The van der Waals surface area contributed by atoms with Gasteiger partial charge in [0.25, 0.3) is 0 Å². The van der Waals surface area contributed by atoms with Gasteiger partial charge in [-0.25, -0.2) is 17.6 Å². The van der Waals surface area contributed by atoms with Crippen LogP contribution in [0, 0.1) is 5.82 Å². The third-order valence-electron chi connectivity index (χ3n) is 4.55. The first kappa shape index (κ1) is 19.5. The summed E-state index contributed by atoms with van der Waals surface area (Å²) in [5.74, 6) is -1.32. The molecule has 1 saturated heterocycles. The predicted molar refractivity (Wildman–Crippen MR) is 99.1 cm³/mol. The highest BCUT2D eigenvalue weighted by atomic mass is 32.2. The third-order valence-corrected chi connectivity index (χ3v) is 6.37. The highest BCUT2D eigenvalue weighted by Crippen LogP contribution is 2.28. The van der Waals surface area contributed by atoms with Gasteiger partial charge in [-0.3, -0.25) is 0 Å². The largest absolute Gasteiger partial charge is 0.465 e. The van der Waals surface area contributed by atoms with E-state index in [0.717, 1.165) is 0 Å². The zero-order chi connectivity index (χ0) is 19.4. The minimum Gasteiger partial charge on any atom is -0.465 e. The third kappa shape index (κ3) is 4.35. The summed E-state index contributed by atoms with van der Waals surface area (Å²) in [4.78, 5) is 11.9. The highest BCUT2D eigenvalue weighted by molar-refractivity contribution is 7.88. The topological polar surface area (TPSA) is 75.7 Å². The summed E-state index contributed by atoms with van der Waals surface area (Å²) in [6.45, 7) is 1.16. The molecule has 0 spiro atoms. The lowest BCUT2D eigenvalue weighted by Crippen LogP contribution is -2.49. The molecule has 0 aromatic heterocycles. The lowest BCUT2D eigenvalue weighted by atomic mass is 10.1. The van der Waals surface area contributed by atoms with Crippen LogP contribution in [0.25, 0.3) is 0 Å². The second-order valence-electron chi connectivity index (χ2n) is 6.29. The van der Waals surface area contributed by atoms with E-state index in [-0.39, 0.29) is 17.9 Å². The summed E-state index contributed by atoms with van der Waals surface area (Å²) >= 11 is 0. The van der Waals surface area contributed by atoms with Gasteiger partial charge in [-0.05, 0) is 29.3 Å². The monoisotopic (exact) mass is 392 g/mol. The number of benzene rings is 2. The van der Waals surface area contributed by atoms with Crippen molar-refractivity contribution in [3.8, 4) is 0 Å². The average Bonchev–Trinajstić information content (AvgIpc) is 2.67. The standard InChI is InChI=1S/C19H21FN2O4S/c1-26-19(23)17-8-3-2-5-15(17)13-27(24,25)22-10-9-21-12-18(22)14-6-4-7-16(20)11-14/h2-8,11,18,21H,9-10,12-13H2,1H3. The Balaban J connectivity index is 1.92. The molecule has 0 bridgehead atoms. The highest BCUT2D eigenvalue weighted by Gasteiger charge is 2.34. The fraction of sp³-hybridized carbons (Fsp3) is 0.316. The molecule has 1 N–H and O–H groups in total. The fourth-order valence-corrected chi connectivity index (χ4v) is 5.02. The molecule has 0 amide bonds. The Morgan fingerprint density at radius 2 is 2.04 bits per heavy atom. The van der Waals surface area contributed by atoms with Crippen molar-refractivity contribution in [1.29, 1.82) is 0 Å². The fourth-order valence-electron chi connectivity index (χ4n) is 3.25. The number of methoxy groups -OCH3 is 1. The number of hydrogen-bond donors (Lipinski definition) is 1. The Hall–Kier alpha value is -2.29. The molecule has 8 heteroatoms. The molecule has 6 nitrogen and oxygen atoms in total. The van der Waals surface area contributed by atoms with Crippen LogP contribution in [-0.4, -0.2) is 45.4 Å². The van der Waals surface area contributed by atoms with Crippen molar-refractivity contribution in [1.82, 2.24) is 9.62 Å². The SMILES string of the molecule is COC(=O)c1ccccc1CS(=O)(=O)N1CCNCC1c1cccc(F)c1. The van der Waals surface area contributed by atoms with Crippen molar-refractivity contribution in [3.05, 3.63) is 71.0 Å². The van der Waals surface area contributed by atoms with Gasteiger partial charge in [0.2, 0.25) is 10.0 Å². The lowest BCUT2D eigenvalue weighted by Gasteiger charge is -2.35. The quantitative estimate of drug-likeness (QED) is 0.789. The molecule has 0 aliphatic carbocycles. The van der Waals surface area contributed by atoms with Gasteiger partial charge >= 0.3 is 5.97 Å². The van der Waals surface area contributed by atoms with Gasteiger partial charge in [-0.15, -0.1) is 0 Å². The van der Waals surface area contributed by atoms with Crippen LogP contribution in [0.15, 0.2) is 48.5 Å². The molecule has 0 saturated carbocycles. The van der Waals surface area contributed by atoms with Crippen LogP contribution in [0.2, 0.25) is 0 Å². The first-order chi connectivity index (χ1) is 12.9. The number of ether oxygens (including phenoxy) is 1. The summed E-state index contributed by atoms with van der Waals surface area (Å²) in [5, 5.41) is 3.15. The Kier molecular flexibility index (Phi) is 5.88. The van der Waals surface area contributed by atoms with Crippen molar-refractivity contribution < 1.29 is 22.3 Å². The van der Waals surface area contributed by atoms with E-state index in [1.807, 2.05) is 0 Å². The smallest absolute Gasteiger partial charge is 0.338 e. The van der Waals surface area contributed by atoms with E-state index in [1.165, 1.54) is 23.5 Å². The number of carbonyl (C=O) groups excluding carboxylic acids is 1. The van der Waals surface area contributed by atoms with Crippen molar-refractivity contribution >= 4 is 16.0 Å². The molecule has 1 aliphatic heterocycles. The van der Waals surface area contributed by atoms with Crippen LogP contribution in [0.1, 0.15) is 27.5 Å². The van der Waals surface area contributed by atoms with Crippen LogP contribution < -0.4 is 5.32 Å². The molecule has 3 rings (SSSR count). The van der Waals surface area contributed by atoms with Gasteiger partial charge < -0.3 is 10.1 Å². The van der Waals surface area contributed by atoms with E-state index < -0.39 is 27.9 Å². The first-order valence-corrected chi connectivity index (χ1v) is 10.1. The summed E-state index contributed by atoms with van der Waals surface area (Å²) in [6, 6.07) is 11.9. The Morgan fingerprint density at radius 1 is 1.26 bits per heavy atom. The van der Waals surface area contributed by atoms with E-state index in [1.54, 1.807) is 36.4 Å². The molecule has 1 aliphatic rings. The summed E-state index contributed by atoms with van der Waals surface area (Å²) in [7, 11) is -2.49. The van der Waals surface area contributed by atoms with Crippen LogP contribution in [0.4, 0.5) is 4.39 Å². The summed E-state index contributed by atoms with van der Waals surface area (Å²) in [5.41, 5.74) is 1.19. The Labute approximate surface area is 158 Å². The van der Waals surface area contributed by atoms with Gasteiger partial charge in [0.05, 0.1) is 24.5 Å². The van der Waals surface area contributed by atoms with Gasteiger partial charge in [-0.1, -0.05) is 30.3 Å². The lowest BCUT2D eigenvalue weighted by molar-refractivity contribution is 0.0600. The second-order valence-corrected chi connectivity index (χ2v) is 8.21. The van der Waals surface area contributed by atoms with Gasteiger partial charge in [0.15, 0.2) is 0 Å². The van der Waals surface area contributed by atoms with Crippen molar-refractivity contribution in [2.75, 3.05) is 26.7 Å². The van der Waals surface area contributed by atoms with Crippen molar-refractivity contribution in [2.45, 2.75) is 11.8 Å². The summed E-state index contributed by atoms with van der Waals surface area (Å²) < 4.78 is 46.0. The van der Waals surface area contributed by atoms with Crippen molar-refractivity contribution in [3.63, 3.8) is 0 Å². The number of esters is 1. The number of rotatable bonds is 5. The molecule has 0 radical (unpaired) electrons. The molecule has 27 heavy (non-hydrogen) atoms. The molecule has 1 fully saturated rings. The molecule has 1 atom stereocenters. The number of piperazine rings is 1. The average molecular weight is 392 g/mol. The number of hydrogen-bond acceptors (Lipinski definition) is 5. The van der Waals surface area contributed by atoms with Crippen LogP contribution in [0.5, 0.6) is 0 Å². The molecule has 2 aromatic carbocycles. The normalized spacial score (nSPS) is 18.2. The zero-order valence-corrected chi connectivity index (χ0v) is 15.7. The summed E-state index contributed by atoms with van der Waals surface area (Å²) in [6.07, 6.45) is 0. The number of nitrogens with zero attached hydrogens (tertiary/aromatic N) is 1. The van der Waals surface area contributed by atoms with E-state index >= 15 is 0 Å². The molecule has 144 valence electrons. The number of halogens is 1. The minimum absolute atomic E-state index is 0.223. The van der Waals surface area contributed by atoms with Crippen molar-refractivity contribution in [2.24, 2.45) is 0 Å². The van der Waals surface area contributed by atoms with Crippen LogP contribution >= 0.6 is 0 Å². The predicted octanol–water partition coefficient (Wildman–Crippen LogP) is 2.09. The Morgan fingerprint density at radius 3 is 2.78 bits per heavy atom. The number of sulfonamides is 1. The molecule has 1 heterocycles. The Bertz CT molecular complexity index is 933. The zero-order valence-electron chi connectivity index (χ0n) is 14.9. The van der Waals surface area contributed by atoms with Gasteiger partial charge in [-0.2, -0.15) is 4.31 Å². The van der Waals surface area contributed by atoms with E-state index in [2.05, 4.69) is 5.32 Å². The number of nitrogens with one attached hydrogen (secondary N) is 1. The van der Waals surface area contributed by atoms with E-state index in [0.29, 0.717) is 24.2 Å². The first-order valence-electron chi connectivity index (χ1n) is 8.54. The maximum atomic E-state index is 13.6. The van der Waals surface area contributed by atoms with E-state index in [4.69, 9.17) is 4.74 Å². The number of carbonyl (C=O) groups is 1.